The van der Waals surface area contributed by atoms with Gasteiger partial charge in [-0.25, -0.2) is 14.3 Å². The molecular weight excluding hydrogens is 408 g/mol. The van der Waals surface area contributed by atoms with Crippen molar-refractivity contribution in [3.05, 3.63) is 23.3 Å². The second-order valence-electron chi connectivity index (χ2n) is 9.62. The van der Waals surface area contributed by atoms with Gasteiger partial charge < -0.3 is 15.0 Å². The fraction of sp³-hybridized carbons (Fsp3) is 0.696. The molecule has 9 nitrogen and oxygen atoms in total. The molecule has 0 aromatic carbocycles. The van der Waals surface area contributed by atoms with Crippen molar-refractivity contribution in [2.24, 2.45) is 0 Å². The first kappa shape index (κ1) is 23.9. The lowest BCUT2D eigenvalue weighted by Gasteiger charge is -2.33. The molecule has 176 valence electrons. The van der Waals surface area contributed by atoms with E-state index in [2.05, 4.69) is 20.4 Å². The van der Waals surface area contributed by atoms with Crippen LogP contribution in [0.4, 0.5) is 4.79 Å². The Bertz CT molecular complexity index is 941. The Morgan fingerprint density at radius 1 is 1.16 bits per heavy atom. The van der Waals surface area contributed by atoms with E-state index in [0.717, 1.165) is 37.1 Å². The van der Waals surface area contributed by atoms with E-state index in [0.29, 0.717) is 24.7 Å². The first-order chi connectivity index (χ1) is 15.1. The van der Waals surface area contributed by atoms with Gasteiger partial charge in [-0.05, 0) is 53.5 Å². The third-order valence-corrected chi connectivity index (χ3v) is 5.55. The minimum Gasteiger partial charge on any atom is -0.444 e. The van der Waals surface area contributed by atoms with Gasteiger partial charge in [-0.3, -0.25) is 4.79 Å². The van der Waals surface area contributed by atoms with Crippen LogP contribution in [-0.2, 0) is 16.0 Å². The van der Waals surface area contributed by atoms with Crippen molar-refractivity contribution < 1.29 is 14.3 Å². The third-order valence-electron chi connectivity index (χ3n) is 5.55. The number of hydrogen-bond donors (Lipinski definition) is 1. The molecule has 2 heterocycles. The molecule has 0 bridgehead atoms. The molecule has 3 rings (SSSR count). The average molecular weight is 445 g/mol. The molecule has 0 spiro atoms. The molecular formula is C23H36N6O3. The number of fused-ring (bicyclic) bond motifs is 1. The molecule has 2 amide bonds. The standard InChI is InChI=1S/C23H36N6O3/c1-16-14-17(2)29-21(25-16)26-19(27-29)15-20(30)24-12-13-28(22(31)32-23(3,4)5)18-10-8-6-7-9-11-18/h14,18H,6-13,15H2,1-5H3,(H,24,30). The number of ether oxygens (including phenoxy) is 1. The highest BCUT2D eigenvalue weighted by molar-refractivity contribution is 5.78. The minimum absolute atomic E-state index is 0.0672. The molecule has 32 heavy (non-hydrogen) atoms. The number of carbonyl (C=O) groups excluding carboxylic acids is 2. The minimum atomic E-state index is -0.553. The van der Waals surface area contributed by atoms with Crippen LogP contribution in [0.15, 0.2) is 6.07 Å². The molecule has 1 fully saturated rings. The second kappa shape index (κ2) is 10.3. The van der Waals surface area contributed by atoms with Crippen LogP contribution in [0.25, 0.3) is 5.78 Å². The fourth-order valence-corrected chi connectivity index (χ4v) is 4.12. The predicted octanol–water partition coefficient (Wildman–Crippen LogP) is 3.36. The molecule has 0 aliphatic heterocycles. The van der Waals surface area contributed by atoms with Crippen molar-refractivity contribution in [1.82, 2.24) is 29.8 Å². The normalized spacial score (nSPS) is 15.4. The molecule has 9 heteroatoms. The Hall–Kier alpha value is -2.71. The zero-order valence-corrected chi connectivity index (χ0v) is 20.0. The largest absolute Gasteiger partial charge is 0.444 e. The highest BCUT2D eigenvalue weighted by Crippen LogP contribution is 2.23. The quantitative estimate of drug-likeness (QED) is 0.686. The van der Waals surface area contributed by atoms with E-state index in [9.17, 15) is 9.59 Å². The summed E-state index contributed by atoms with van der Waals surface area (Å²) in [5.74, 6) is 0.742. The first-order valence-electron chi connectivity index (χ1n) is 11.6. The van der Waals surface area contributed by atoms with E-state index >= 15 is 0 Å². The molecule has 0 atom stereocenters. The van der Waals surface area contributed by atoms with Gasteiger partial charge in [-0.15, -0.1) is 5.10 Å². The van der Waals surface area contributed by atoms with E-state index in [1.54, 1.807) is 9.42 Å². The van der Waals surface area contributed by atoms with E-state index in [-0.39, 0.29) is 24.5 Å². The molecule has 0 radical (unpaired) electrons. The van der Waals surface area contributed by atoms with Crippen molar-refractivity contribution >= 4 is 17.8 Å². The Kier molecular flexibility index (Phi) is 7.69. The molecule has 1 saturated carbocycles. The van der Waals surface area contributed by atoms with Crippen molar-refractivity contribution in [2.45, 2.75) is 91.2 Å². The molecule has 1 N–H and O–H groups in total. The van der Waals surface area contributed by atoms with Crippen LogP contribution in [0.1, 0.15) is 76.5 Å². The summed E-state index contributed by atoms with van der Waals surface area (Å²) in [7, 11) is 0. The second-order valence-corrected chi connectivity index (χ2v) is 9.62. The molecule has 2 aromatic rings. The molecule has 2 aromatic heterocycles. The van der Waals surface area contributed by atoms with Gasteiger partial charge in [0.2, 0.25) is 5.91 Å². The van der Waals surface area contributed by atoms with Crippen LogP contribution in [0.5, 0.6) is 0 Å². The zero-order chi connectivity index (χ0) is 23.3. The smallest absolute Gasteiger partial charge is 0.410 e. The maximum Gasteiger partial charge on any atom is 0.410 e. The summed E-state index contributed by atoms with van der Waals surface area (Å²) < 4.78 is 7.29. The number of aryl methyl sites for hydroxylation is 2. The van der Waals surface area contributed by atoms with Gasteiger partial charge in [0.15, 0.2) is 5.82 Å². The lowest BCUT2D eigenvalue weighted by Crippen LogP contribution is -2.47. The summed E-state index contributed by atoms with van der Waals surface area (Å²) in [6.45, 7) is 10.2. The number of nitrogens with zero attached hydrogens (tertiary/aromatic N) is 5. The van der Waals surface area contributed by atoms with Crippen LogP contribution >= 0.6 is 0 Å². The van der Waals surface area contributed by atoms with Crippen LogP contribution in [0.3, 0.4) is 0 Å². The van der Waals surface area contributed by atoms with Crippen molar-refractivity contribution in [3.8, 4) is 0 Å². The third kappa shape index (κ3) is 6.64. The van der Waals surface area contributed by atoms with Crippen LogP contribution < -0.4 is 5.32 Å². The maximum absolute atomic E-state index is 12.9. The topological polar surface area (TPSA) is 102 Å². The van der Waals surface area contributed by atoms with E-state index in [1.807, 2.05) is 40.7 Å². The average Bonchev–Trinajstić information content (AvgIpc) is 2.90. The maximum atomic E-state index is 12.9. The highest BCUT2D eigenvalue weighted by Gasteiger charge is 2.28. The molecule has 1 aliphatic rings. The Morgan fingerprint density at radius 2 is 1.84 bits per heavy atom. The number of aromatic nitrogens is 4. The van der Waals surface area contributed by atoms with E-state index < -0.39 is 5.60 Å². The van der Waals surface area contributed by atoms with E-state index in [1.165, 1.54) is 12.8 Å². The highest BCUT2D eigenvalue weighted by atomic mass is 16.6. The number of amides is 2. The summed E-state index contributed by atoms with van der Waals surface area (Å²) >= 11 is 0. The van der Waals surface area contributed by atoms with Gasteiger partial charge in [0.05, 0.1) is 6.42 Å². The number of hydrogen-bond acceptors (Lipinski definition) is 6. The van der Waals surface area contributed by atoms with Gasteiger partial charge in [0.25, 0.3) is 5.78 Å². The van der Waals surface area contributed by atoms with Gasteiger partial charge >= 0.3 is 6.09 Å². The van der Waals surface area contributed by atoms with Gasteiger partial charge in [0, 0.05) is 30.5 Å². The number of nitrogens with one attached hydrogen (secondary N) is 1. The number of rotatable bonds is 6. The predicted molar refractivity (Wildman–Crippen MR) is 121 cm³/mol. The Labute approximate surface area is 189 Å². The van der Waals surface area contributed by atoms with Crippen LogP contribution in [0.2, 0.25) is 0 Å². The lowest BCUT2D eigenvalue weighted by molar-refractivity contribution is -0.120. The number of carbonyl (C=O) groups is 2. The first-order valence-corrected chi connectivity index (χ1v) is 11.6. The Morgan fingerprint density at radius 3 is 2.50 bits per heavy atom. The van der Waals surface area contributed by atoms with Crippen LogP contribution in [-0.4, -0.2) is 61.2 Å². The SMILES string of the molecule is Cc1cc(C)n2nc(CC(=O)NCCN(C(=O)OC(C)(C)C)C3CCCCCC3)nc2n1. The molecule has 0 unspecified atom stereocenters. The monoisotopic (exact) mass is 444 g/mol. The molecule has 0 saturated heterocycles. The summed E-state index contributed by atoms with van der Waals surface area (Å²) in [4.78, 5) is 35.9. The van der Waals surface area contributed by atoms with Crippen molar-refractivity contribution in [2.75, 3.05) is 13.1 Å². The van der Waals surface area contributed by atoms with Gasteiger partial charge in [-0.2, -0.15) is 4.98 Å². The van der Waals surface area contributed by atoms with Crippen molar-refractivity contribution in [3.63, 3.8) is 0 Å². The summed E-state index contributed by atoms with van der Waals surface area (Å²) in [6.07, 6.45) is 6.35. The Balaban J connectivity index is 1.58. The summed E-state index contributed by atoms with van der Waals surface area (Å²) in [5.41, 5.74) is 1.23. The zero-order valence-electron chi connectivity index (χ0n) is 20.0. The van der Waals surface area contributed by atoms with E-state index in [4.69, 9.17) is 4.74 Å². The fourth-order valence-electron chi connectivity index (χ4n) is 4.12. The van der Waals surface area contributed by atoms with Gasteiger partial charge in [-0.1, -0.05) is 25.7 Å². The van der Waals surface area contributed by atoms with Crippen molar-refractivity contribution in [1.29, 1.82) is 0 Å². The lowest BCUT2D eigenvalue weighted by atomic mass is 10.1. The summed E-state index contributed by atoms with van der Waals surface area (Å²) in [5, 5.41) is 7.29. The summed E-state index contributed by atoms with van der Waals surface area (Å²) in [6, 6.07) is 2.08. The van der Waals surface area contributed by atoms with Gasteiger partial charge in [0.1, 0.15) is 5.60 Å². The molecule has 1 aliphatic carbocycles. The van der Waals surface area contributed by atoms with Crippen LogP contribution in [0, 0.1) is 13.8 Å².